The Bertz CT molecular complexity index is 741. The molecule has 0 radical (unpaired) electrons. The zero-order chi connectivity index (χ0) is 14.9. The highest BCUT2D eigenvalue weighted by Gasteiger charge is 2.25. The normalized spacial score (nSPS) is 16.8. The van der Waals surface area contributed by atoms with Gasteiger partial charge in [-0.2, -0.15) is 0 Å². The molecule has 0 aliphatic heterocycles. The molecule has 1 aromatic carbocycles. The van der Waals surface area contributed by atoms with Crippen molar-refractivity contribution in [3.63, 3.8) is 0 Å². The van der Waals surface area contributed by atoms with Crippen LogP contribution < -0.4 is 10.0 Å². The number of rotatable bonds is 6. The second-order valence-electron chi connectivity index (χ2n) is 5.55. The van der Waals surface area contributed by atoms with Crippen LogP contribution in [-0.2, 0) is 10.0 Å². The van der Waals surface area contributed by atoms with Crippen molar-refractivity contribution in [2.24, 2.45) is 0 Å². The van der Waals surface area contributed by atoms with E-state index in [2.05, 4.69) is 15.0 Å². The van der Waals surface area contributed by atoms with E-state index in [0.717, 1.165) is 23.7 Å². The average Bonchev–Trinajstić information content (AvgIpc) is 3.28. The topological polar surface area (TPSA) is 71.1 Å². The number of sulfonamides is 1. The summed E-state index contributed by atoms with van der Waals surface area (Å²) >= 11 is 0. The van der Waals surface area contributed by atoms with E-state index >= 15 is 0 Å². The highest BCUT2D eigenvalue weighted by atomic mass is 32.2. The van der Waals surface area contributed by atoms with Gasteiger partial charge in [-0.25, -0.2) is 8.42 Å². The predicted molar refractivity (Wildman–Crippen MR) is 84.8 cm³/mol. The third kappa shape index (κ3) is 3.51. The van der Waals surface area contributed by atoms with Gasteiger partial charge in [0.25, 0.3) is 0 Å². The van der Waals surface area contributed by atoms with Crippen LogP contribution in [0.3, 0.4) is 0 Å². The lowest BCUT2D eigenvalue weighted by Crippen LogP contribution is -2.35. The third-order valence-corrected chi connectivity index (χ3v) is 5.41. The molecule has 1 aliphatic rings. The number of pyridine rings is 1. The number of aromatic nitrogens is 1. The van der Waals surface area contributed by atoms with E-state index in [1.807, 2.05) is 18.2 Å². The Hall–Kier alpha value is -1.66. The predicted octanol–water partition coefficient (Wildman–Crippen LogP) is 2.12. The van der Waals surface area contributed by atoms with Crippen molar-refractivity contribution in [3.05, 3.63) is 36.5 Å². The monoisotopic (exact) mass is 305 g/mol. The molecule has 112 valence electrons. The van der Waals surface area contributed by atoms with E-state index in [-0.39, 0.29) is 0 Å². The average molecular weight is 305 g/mol. The van der Waals surface area contributed by atoms with Crippen LogP contribution in [0.15, 0.2) is 36.5 Å². The summed E-state index contributed by atoms with van der Waals surface area (Å²) in [6, 6.07) is 9.63. The lowest BCUT2D eigenvalue weighted by atomic mass is 10.2. The van der Waals surface area contributed by atoms with Crippen LogP contribution >= 0.6 is 0 Å². The number of benzene rings is 1. The lowest BCUT2D eigenvalue weighted by molar-refractivity contribution is 0.576. The number of fused-ring (bicyclic) bond motifs is 1. The van der Waals surface area contributed by atoms with E-state index in [1.165, 1.54) is 0 Å². The maximum atomic E-state index is 12.3. The molecule has 1 heterocycles. The second-order valence-corrected chi connectivity index (χ2v) is 7.65. The van der Waals surface area contributed by atoms with Crippen LogP contribution in [0.5, 0.6) is 0 Å². The minimum atomic E-state index is -3.38. The van der Waals surface area contributed by atoms with Crippen molar-refractivity contribution in [2.45, 2.75) is 31.1 Å². The molecule has 6 heteroatoms. The Kier molecular flexibility index (Phi) is 3.82. The number of anilines is 1. The van der Waals surface area contributed by atoms with Gasteiger partial charge in [0.2, 0.25) is 10.0 Å². The Morgan fingerprint density at radius 3 is 2.90 bits per heavy atom. The largest absolute Gasteiger partial charge is 0.313 e. The van der Waals surface area contributed by atoms with E-state index in [4.69, 9.17) is 0 Å². The molecule has 0 amide bonds. The summed E-state index contributed by atoms with van der Waals surface area (Å²) in [5, 5.41) is 3.70. The molecule has 2 aromatic rings. The van der Waals surface area contributed by atoms with Crippen molar-refractivity contribution in [1.29, 1.82) is 0 Å². The Labute approximate surface area is 124 Å². The van der Waals surface area contributed by atoms with Crippen LogP contribution in [0.4, 0.5) is 5.69 Å². The molecule has 1 atom stereocenters. The zero-order valence-electron chi connectivity index (χ0n) is 11.9. The van der Waals surface area contributed by atoms with Crippen molar-refractivity contribution >= 4 is 26.6 Å². The van der Waals surface area contributed by atoms with Gasteiger partial charge in [0.05, 0.1) is 10.8 Å². The van der Waals surface area contributed by atoms with Gasteiger partial charge in [0.15, 0.2) is 0 Å². The summed E-state index contributed by atoms with van der Waals surface area (Å²) in [5.41, 5.74) is 1.43. The highest BCUT2D eigenvalue weighted by Crippen LogP contribution is 2.20. The smallest absolute Gasteiger partial charge is 0.236 e. The summed E-state index contributed by atoms with van der Waals surface area (Å²) in [6.07, 6.45) is 4.02. The summed E-state index contributed by atoms with van der Waals surface area (Å²) in [7, 11) is -3.38. The van der Waals surface area contributed by atoms with Crippen molar-refractivity contribution in [1.82, 2.24) is 10.3 Å². The van der Waals surface area contributed by atoms with Gasteiger partial charge in [-0.1, -0.05) is 6.07 Å². The third-order valence-electron chi connectivity index (χ3n) is 3.66. The van der Waals surface area contributed by atoms with Crippen LogP contribution in [0.2, 0.25) is 0 Å². The Balaban J connectivity index is 1.72. The van der Waals surface area contributed by atoms with E-state index < -0.39 is 15.3 Å². The van der Waals surface area contributed by atoms with Gasteiger partial charge >= 0.3 is 0 Å². The van der Waals surface area contributed by atoms with Crippen molar-refractivity contribution in [2.75, 3.05) is 11.3 Å². The number of hydrogen-bond donors (Lipinski definition) is 2. The maximum absolute atomic E-state index is 12.3. The first-order valence-electron chi connectivity index (χ1n) is 7.14. The molecule has 1 fully saturated rings. The molecule has 1 aliphatic carbocycles. The maximum Gasteiger partial charge on any atom is 0.236 e. The molecule has 21 heavy (non-hydrogen) atoms. The summed E-state index contributed by atoms with van der Waals surface area (Å²) in [4.78, 5) is 4.22. The fourth-order valence-electron chi connectivity index (χ4n) is 2.13. The first-order chi connectivity index (χ1) is 10.0. The molecular formula is C15H19N3O2S. The standard InChI is InChI=1S/C15H19N3O2S/c1-11(10-17-13-4-5-13)21(19,20)18-14-6-7-15-12(9-14)3-2-8-16-15/h2-3,6-9,11,13,17-18H,4-5,10H2,1H3. The SMILES string of the molecule is CC(CNC1CC1)S(=O)(=O)Nc1ccc2ncccc2c1. The molecule has 2 N–H and O–H groups in total. The summed E-state index contributed by atoms with van der Waals surface area (Å²) in [5.74, 6) is 0. The summed E-state index contributed by atoms with van der Waals surface area (Å²) < 4.78 is 27.3. The molecule has 0 saturated heterocycles. The van der Waals surface area contributed by atoms with Crippen LogP contribution in [0.1, 0.15) is 19.8 Å². The first-order valence-corrected chi connectivity index (χ1v) is 8.69. The second kappa shape index (κ2) is 5.61. The van der Waals surface area contributed by atoms with Crippen LogP contribution in [-0.4, -0.2) is 31.2 Å². The lowest BCUT2D eigenvalue weighted by Gasteiger charge is -2.15. The quantitative estimate of drug-likeness (QED) is 0.857. The zero-order valence-corrected chi connectivity index (χ0v) is 12.7. The Morgan fingerprint density at radius 2 is 2.14 bits per heavy atom. The number of nitrogens with one attached hydrogen (secondary N) is 2. The highest BCUT2D eigenvalue weighted by molar-refractivity contribution is 7.93. The molecule has 1 aromatic heterocycles. The molecule has 0 spiro atoms. The van der Waals surface area contributed by atoms with Crippen LogP contribution in [0.25, 0.3) is 10.9 Å². The van der Waals surface area contributed by atoms with Gasteiger partial charge < -0.3 is 5.32 Å². The molecule has 3 rings (SSSR count). The van der Waals surface area contributed by atoms with E-state index in [0.29, 0.717) is 18.3 Å². The fraction of sp³-hybridized carbons (Fsp3) is 0.400. The van der Waals surface area contributed by atoms with Gasteiger partial charge in [-0.15, -0.1) is 0 Å². The van der Waals surface area contributed by atoms with Crippen LogP contribution in [0, 0.1) is 0 Å². The molecule has 0 bridgehead atoms. The molecule has 1 unspecified atom stereocenters. The minimum absolute atomic E-state index is 0.470. The molecule has 5 nitrogen and oxygen atoms in total. The molecular weight excluding hydrogens is 286 g/mol. The van der Waals surface area contributed by atoms with Gasteiger partial charge in [-0.3, -0.25) is 9.71 Å². The van der Waals surface area contributed by atoms with Crippen molar-refractivity contribution < 1.29 is 8.42 Å². The van der Waals surface area contributed by atoms with Crippen molar-refractivity contribution in [3.8, 4) is 0 Å². The van der Waals surface area contributed by atoms with E-state index in [1.54, 1.807) is 25.3 Å². The van der Waals surface area contributed by atoms with Gasteiger partial charge in [-0.05, 0) is 44.0 Å². The molecule has 1 saturated carbocycles. The minimum Gasteiger partial charge on any atom is -0.313 e. The fourth-order valence-corrected chi connectivity index (χ4v) is 3.11. The van der Waals surface area contributed by atoms with Gasteiger partial charge in [0, 0.05) is 29.9 Å². The van der Waals surface area contributed by atoms with E-state index in [9.17, 15) is 8.42 Å². The van der Waals surface area contributed by atoms with Gasteiger partial charge in [0.1, 0.15) is 0 Å². The number of hydrogen-bond acceptors (Lipinski definition) is 4. The number of nitrogens with zero attached hydrogens (tertiary/aromatic N) is 1. The summed E-state index contributed by atoms with van der Waals surface area (Å²) in [6.45, 7) is 2.20. The first kappa shape index (κ1) is 14.3. The Morgan fingerprint density at radius 1 is 1.33 bits per heavy atom.